The van der Waals surface area contributed by atoms with Crippen LogP contribution in [0.5, 0.6) is 11.5 Å². The first-order chi connectivity index (χ1) is 8.17. The van der Waals surface area contributed by atoms with Crippen molar-refractivity contribution in [3.8, 4) is 17.6 Å². The fraction of sp³-hybridized carbons (Fsp3) is 0.500. The first-order valence-electron chi connectivity index (χ1n) is 5.88. The fourth-order valence-corrected chi connectivity index (χ4v) is 1.52. The van der Waals surface area contributed by atoms with Crippen LogP contribution < -0.4 is 9.47 Å². The van der Waals surface area contributed by atoms with Crippen molar-refractivity contribution in [3.63, 3.8) is 0 Å². The second-order valence-corrected chi connectivity index (χ2v) is 4.36. The summed E-state index contributed by atoms with van der Waals surface area (Å²) >= 11 is 0. The summed E-state index contributed by atoms with van der Waals surface area (Å²) in [5, 5.41) is 8.96. The third-order valence-electron chi connectivity index (χ3n) is 2.49. The average molecular weight is 233 g/mol. The van der Waals surface area contributed by atoms with E-state index in [9.17, 15) is 0 Å². The minimum atomic E-state index is 0.551. The molecule has 0 aliphatic carbocycles. The van der Waals surface area contributed by atoms with Crippen LogP contribution in [-0.2, 0) is 0 Å². The second-order valence-electron chi connectivity index (χ2n) is 4.36. The van der Waals surface area contributed by atoms with Gasteiger partial charge in [0, 0.05) is 6.07 Å². The number of hydrogen-bond acceptors (Lipinski definition) is 3. The van der Waals surface area contributed by atoms with Gasteiger partial charge in [0.1, 0.15) is 17.6 Å². The molecule has 3 nitrogen and oxygen atoms in total. The van der Waals surface area contributed by atoms with Gasteiger partial charge in [0.2, 0.25) is 0 Å². The van der Waals surface area contributed by atoms with E-state index in [-0.39, 0.29) is 0 Å². The highest BCUT2D eigenvalue weighted by Crippen LogP contribution is 2.24. The van der Waals surface area contributed by atoms with Gasteiger partial charge in [-0.15, -0.1) is 0 Å². The Morgan fingerprint density at radius 2 is 2.12 bits per heavy atom. The topological polar surface area (TPSA) is 42.2 Å². The van der Waals surface area contributed by atoms with Gasteiger partial charge in [0.05, 0.1) is 19.3 Å². The molecular weight excluding hydrogens is 214 g/mol. The van der Waals surface area contributed by atoms with E-state index in [2.05, 4.69) is 19.9 Å². The van der Waals surface area contributed by atoms with E-state index < -0.39 is 0 Å². The van der Waals surface area contributed by atoms with Crippen LogP contribution in [0.2, 0.25) is 0 Å². The molecule has 0 aliphatic rings. The summed E-state index contributed by atoms with van der Waals surface area (Å²) in [6.45, 7) is 5.01. The Kier molecular flexibility index (Phi) is 5.35. The molecule has 3 heteroatoms. The lowest BCUT2D eigenvalue weighted by Gasteiger charge is -2.10. The van der Waals surface area contributed by atoms with Gasteiger partial charge < -0.3 is 9.47 Å². The SMILES string of the molecule is COc1ccc(C#N)c(OCCCC(C)C)c1. The Morgan fingerprint density at radius 1 is 1.35 bits per heavy atom. The number of nitrogens with zero attached hydrogens (tertiary/aromatic N) is 1. The third-order valence-corrected chi connectivity index (χ3v) is 2.49. The fourth-order valence-electron chi connectivity index (χ4n) is 1.52. The molecule has 0 atom stereocenters. The molecule has 0 heterocycles. The van der Waals surface area contributed by atoms with E-state index in [1.54, 1.807) is 25.3 Å². The summed E-state index contributed by atoms with van der Waals surface area (Å²) in [5.74, 6) is 2.00. The number of benzene rings is 1. The van der Waals surface area contributed by atoms with Gasteiger partial charge in [0.15, 0.2) is 0 Å². The number of rotatable bonds is 6. The van der Waals surface area contributed by atoms with Gasteiger partial charge in [-0.25, -0.2) is 0 Å². The second kappa shape index (κ2) is 6.80. The van der Waals surface area contributed by atoms with E-state index in [1.807, 2.05) is 0 Å². The third kappa shape index (κ3) is 4.36. The maximum atomic E-state index is 8.96. The molecule has 0 spiro atoms. The van der Waals surface area contributed by atoms with Crippen molar-refractivity contribution in [3.05, 3.63) is 23.8 Å². The van der Waals surface area contributed by atoms with E-state index in [1.165, 1.54) is 0 Å². The van der Waals surface area contributed by atoms with E-state index in [0.717, 1.165) is 12.8 Å². The predicted molar refractivity (Wildman–Crippen MR) is 67.3 cm³/mol. The summed E-state index contributed by atoms with van der Waals surface area (Å²) in [6, 6.07) is 7.36. The van der Waals surface area contributed by atoms with Gasteiger partial charge in [-0.3, -0.25) is 0 Å². The first-order valence-corrected chi connectivity index (χ1v) is 5.88. The highest BCUT2D eigenvalue weighted by molar-refractivity contribution is 5.47. The van der Waals surface area contributed by atoms with Crippen LogP contribution in [-0.4, -0.2) is 13.7 Å². The van der Waals surface area contributed by atoms with Crippen LogP contribution >= 0.6 is 0 Å². The molecule has 0 fully saturated rings. The van der Waals surface area contributed by atoms with Gasteiger partial charge in [-0.2, -0.15) is 5.26 Å². The lowest BCUT2D eigenvalue weighted by molar-refractivity contribution is 0.295. The van der Waals surface area contributed by atoms with Crippen molar-refractivity contribution in [1.82, 2.24) is 0 Å². The highest BCUT2D eigenvalue weighted by Gasteiger charge is 2.05. The minimum Gasteiger partial charge on any atom is -0.497 e. The zero-order valence-electron chi connectivity index (χ0n) is 10.7. The maximum absolute atomic E-state index is 8.96. The molecule has 0 bridgehead atoms. The van der Waals surface area contributed by atoms with Gasteiger partial charge >= 0.3 is 0 Å². The molecule has 0 amide bonds. The van der Waals surface area contributed by atoms with Crippen molar-refractivity contribution >= 4 is 0 Å². The van der Waals surface area contributed by atoms with Crippen molar-refractivity contribution in [1.29, 1.82) is 5.26 Å². The quantitative estimate of drug-likeness (QED) is 0.707. The maximum Gasteiger partial charge on any atom is 0.140 e. The Hall–Kier alpha value is -1.69. The predicted octanol–water partition coefficient (Wildman–Crippen LogP) is 3.38. The molecule has 1 aromatic rings. The van der Waals surface area contributed by atoms with Gasteiger partial charge in [-0.1, -0.05) is 13.8 Å². The number of methoxy groups -OCH3 is 1. The van der Waals surface area contributed by atoms with E-state index in [0.29, 0.717) is 29.6 Å². The zero-order valence-corrected chi connectivity index (χ0v) is 10.7. The molecule has 0 aliphatic heterocycles. The summed E-state index contributed by atoms with van der Waals surface area (Å²) in [5.41, 5.74) is 0.551. The van der Waals surface area contributed by atoms with E-state index >= 15 is 0 Å². The molecule has 0 unspecified atom stereocenters. The van der Waals surface area contributed by atoms with Crippen LogP contribution in [0.15, 0.2) is 18.2 Å². The molecule has 92 valence electrons. The van der Waals surface area contributed by atoms with Gasteiger partial charge in [0.25, 0.3) is 0 Å². The Bertz CT molecular complexity index is 394. The lowest BCUT2D eigenvalue weighted by Crippen LogP contribution is -2.01. The summed E-state index contributed by atoms with van der Waals surface area (Å²) in [4.78, 5) is 0. The van der Waals surface area contributed by atoms with Crippen LogP contribution in [0.3, 0.4) is 0 Å². The first kappa shape index (κ1) is 13.4. The summed E-state index contributed by atoms with van der Waals surface area (Å²) in [7, 11) is 1.60. The van der Waals surface area contributed by atoms with E-state index in [4.69, 9.17) is 14.7 Å². The lowest BCUT2D eigenvalue weighted by atomic mass is 10.1. The number of ether oxygens (including phenoxy) is 2. The van der Waals surface area contributed by atoms with Crippen LogP contribution in [0.25, 0.3) is 0 Å². The van der Waals surface area contributed by atoms with Crippen LogP contribution in [0, 0.1) is 17.2 Å². The highest BCUT2D eigenvalue weighted by atomic mass is 16.5. The molecule has 1 aromatic carbocycles. The van der Waals surface area contributed by atoms with Crippen LogP contribution in [0.1, 0.15) is 32.3 Å². The van der Waals surface area contributed by atoms with Crippen LogP contribution in [0.4, 0.5) is 0 Å². The zero-order chi connectivity index (χ0) is 12.7. The number of hydrogen-bond donors (Lipinski definition) is 0. The molecule has 1 rings (SSSR count). The minimum absolute atomic E-state index is 0.551. The molecule has 0 saturated carbocycles. The molecule has 0 radical (unpaired) electrons. The average Bonchev–Trinajstić information content (AvgIpc) is 2.34. The standard InChI is InChI=1S/C14H19NO2/c1-11(2)5-4-8-17-14-9-13(16-3)7-6-12(14)10-15/h6-7,9,11H,4-5,8H2,1-3H3. The van der Waals surface area contributed by atoms with Crippen molar-refractivity contribution in [2.24, 2.45) is 5.92 Å². The molecule has 17 heavy (non-hydrogen) atoms. The smallest absolute Gasteiger partial charge is 0.140 e. The number of nitriles is 1. The Balaban J connectivity index is 2.59. The van der Waals surface area contributed by atoms with Gasteiger partial charge in [-0.05, 0) is 30.9 Å². The van der Waals surface area contributed by atoms with Crippen molar-refractivity contribution in [2.75, 3.05) is 13.7 Å². The molecule has 0 N–H and O–H groups in total. The Morgan fingerprint density at radius 3 is 2.71 bits per heavy atom. The summed E-state index contributed by atoms with van der Waals surface area (Å²) < 4.78 is 10.7. The van der Waals surface area contributed by atoms with Crippen molar-refractivity contribution in [2.45, 2.75) is 26.7 Å². The largest absolute Gasteiger partial charge is 0.497 e. The Labute approximate surface area is 103 Å². The van der Waals surface area contributed by atoms with Crippen molar-refractivity contribution < 1.29 is 9.47 Å². The molecular formula is C14H19NO2. The molecule has 0 saturated heterocycles. The molecule has 0 aromatic heterocycles. The normalized spacial score (nSPS) is 10.1. The summed E-state index contributed by atoms with van der Waals surface area (Å²) in [6.07, 6.45) is 2.13. The monoisotopic (exact) mass is 233 g/mol.